The van der Waals surface area contributed by atoms with Crippen LogP contribution in [0, 0.1) is 0 Å². The number of carbonyl (C=O) groups excluding carboxylic acids is 2. The van der Waals surface area contributed by atoms with Crippen LogP contribution in [0.4, 0.5) is 4.79 Å². The van der Waals surface area contributed by atoms with Crippen LogP contribution in [0.1, 0.15) is 11.1 Å². The number of halogens is 3. The molecule has 1 saturated heterocycles. The first-order chi connectivity index (χ1) is 17.4. The Bertz CT molecular complexity index is 1320. The van der Waals surface area contributed by atoms with Gasteiger partial charge in [0.2, 0.25) is 0 Å². The van der Waals surface area contributed by atoms with Gasteiger partial charge in [0.25, 0.3) is 11.1 Å². The van der Waals surface area contributed by atoms with E-state index in [1.807, 2.05) is 18.2 Å². The van der Waals surface area contributed by atoms with E-state index in [0.29, 0.717) is 42.2 Å². The molecule has 1 aliphatic rings. The molecule has 0 aliphatic carbocycles. The van der Waals surface area contributed by atoms with Crippen molar-refractivity contribution < 1.29 is 23.8 Å². The zero-order valence-corrected chi connectivity index (χ0v) is 22.9. The standard InChI is InChI=1S/C26H20BrCl2NO5S/c1-33-22-13-16(12-20(27)24(22)35-15-17-4-2-3-5-21(17)29)14-23-25(31)30(26(32)36-23)10-11-34-19-8-6-18(28)7-9-19/h2-9,12-14H,10-11,15H2,1H3/b23-14-. The topological polar surface area (TPSA) is 65.1 Å². The molecule has 10 heteroatoms. The van der Waals surface area contributed by atoms with E-state index in [1.165, 1.54) is 12.0 Å². The Kier molecular flexibility index (Phi) is 8.85. The molecule has 1 aliphatic heterocycles. The highest BCUT2D eigenvalue weighted by Crippen LogP contribution is 2.39. The van der Waals surface area contributed by atoms with Crippen molar-refractivity contribution in [3.05, 3.63) is 91.2 Å². The van der Waals surface area contributed by atoms with Crippen molar-refractivity contribution in [3.63, 3.8) is 0 Å². The van der Waals surface area contributed by atoms with Gasteiger partial charge in [-0.2, -0.15) is 0 Å². The van der Waals surface area contributed by atoms with E-state index in [4.69, 9.17) is 37.4 Å². The number of hydrogen-bond acceptors (Lipinski definition) is 6. The SMILES string of the molecule is COc1cc(/C=C2\SC(=O)N(CCOc3ccc(Cl)cc3)C2=O)cc(Br)c1OCc1ccccc1Cl. The smallest absolute Gasteiger partial charge is 0.293 e. The second-order valence-electron chi connectivity index (χ2n) is 7.55. The summed E-state index contributed by atoms with van der Waals surface area (Å²) in [7, 11) is 1.53. The molecule has 0 unspecified atom stereocenters. The highest BCUT2D eigenvalue weighted by Gasteiger charge is 2.35. The van der Waals surface area contributed by atoms with Crippen LogP contribution in [-0.4, -0.2) is 36.3 Å². The van der Waals surface area contributed by atoms with Crippen LogP contribution in [0.25, 0.3) is 6.08 Å². The number of hydrogen-bond donors (Lipinski definition) is 0. The number of carbonyl (C=O) groups is 2. The van der Waals surface area contributed by atoms with E-state index in [1.54, 1.807) is 48.5 Å². The number of rotatable bonds is 9. The summed E-state index contributed by atoms with van der Waals surface area (Å²) in [6.45, 7) is 0.557. The number of benzene rings is 3. The van der Waals surface area contributed by atoms with Crippen molar-refractivity contribution in [2.75, 3.05) is 20.3 Å². The molecule has 1 fully saturated rings. The number of methoxy groups -OCH3 is 1. The zero-order chi connectivity index (χ0) is 25.7. The van der Waals surface area contributed by atoms with Crippen LogP contribution in [-0.2, 0) is 11.4 Å². The maximum atomic E-state index is 12.9. The van der Waals surface area contributed by atoms with Crippen molar-refractivity contribution in [2.24, 2.45) is 0 Å². The minimum atomic E-state index is -0.376. The van der Waals surface area contributed by atoms with Crippen LogP contribution in [0.2, 0.25) is 10.0 Å². The summed E-state index contributed by atoms with van der Waals surface area (Å²) in [6.07, 6.45) is 1.65. The minimum Gasteiger partial charge on any atom is -0.493 e. The van der Waals surface area contributed by atoms with Crippen LogP contribution in [0.3, 0.4) is 0 Å². The zero-order valence-electron chi connectivity index (χ0n) is 19.0. The van der Waals surface area contributed by atoms with E-state index in [2.05, 4.69) is 15.9 Å². The molecule has 0 spiro atoms. The lowest BCUT2D eigenvalue weighted by Crippen LogP contribution is -2.32. The summed E-state index contributed by atoms with van der Waals surface area (Å²) in [4.78, 5) is 26.8. The Balaban J connectivity index is 1.44. The lowest BCUT2D eigenvalue weighted by Gasteiger charge is -2.14. The number of imide groups is 1. The molecule has 0 bridgehead atoms. The molecule has 1 heterocycles. The Morgan fingerprint density at radius 3 is 2.50 bits per heavy atom. The van der Waals surface area contributed by atoms with Crippen LogP contribution >= 0.6 is 50.9 Å². The molecule has 3 aromatic rings. The molecule has 0 aromatic heterocycles. The van der Waals surface area contributed by atoms with Gasteiger partial charge in [-0.05, 0) is 81.8 Å². The van der Waals surface area contributed by atoms with Crippen LogP contribution in [0.5, 0.6) is 17.2 Å². The predicted octanol–water partition coefficient (Wildman–Crippen LogP) is 7.46. The van der Waals surface area contributed by atoms with Crippen molar-refractivity contribution in [3.8, 4) is 17.2 Å². The van der Waals surface area contributed by atoms with Crippen molar-refractivity contribution in [1.29, 1.82) is 0 Å². The molecular formula is C26H20BrCl2NO5S. The molecule has 0 atom stereocenters. The molecule has 3 aromatic carbocycles. The fourth-order valence-electron chi connectivity index (χ4n) is 3.36. The Labute approximate surface area is 231 Å². The van der Waals surface area contributed by atoms with Gasteiger partial charge in [-0.15, -0.1) is 0 Å². The largest absolute Gasteiger partial charge is 0.493 e. The highest BCUT2D eigenvalue weighted by molar-refractivity contribution is 9.10. The highest BCUT2D eigenvalue weighted by atomic mass is 79.9. The van der Waals surface area contributed by atoms with E-state index in [0.717, 1.165) is 17.3 Å². The summed E-state index contributed by atoms with van der Waals surface area (Å²) >= 11 is 16.5. The van der Waals surface area contributed by atoms with E-state index in [9.17, 15) is 9.59 Å². The molecule has 186 valence electrons. The molecule has 0 N–H and O–H groups in total. The molecule has 2 amide bonds. The van der Waals surface area contributed by atoms with Gasteiger partial charge in [-0.3, -0.25) is 14.5 Å². The second-order valence-corrected chi connectivity index (χ2v) is 10.2. The van der Waals surface area contributed by atoms with Crippen molar-refractivity contribution in [2.45, 2.75) is 6.61 Å². The quantitative estimate of drug-likeness (QED) is 0.235. The Morgan fingerprint density at radius 1 is 1.03 bits per heavy atom. The lowest BCUT2D eigenvalue weighted by atomic mass is 10.1. The minimum absolute atomic E-state index is 0.131. The molecule has 36 heavy (non-hydrogen) atoms. The van der Waals surface area contributed by atoms with Gasteiger partial charge in [0, 0.05) is 15.6 Å². The monoisotopic (exact) mass is 607 g/mol. The maximum Gasteiger partial charge on any atom is 0.293 e. The van der Waals surface area contributed by atoms with Gasteiger partial charge >= 0.3 is 0 Å². The average molecular weight is 609 g/mol. The molecule has 6 nitrogen and oxygen atoms in total. The predicted molar refractivity (Wildman–Crippen MR) is 146 cm³/mol. The molecular weight excluding hydrogens is 589 g/mol. The first-order valence-electron chi connectivity index (χ1n) is 10.7. The Hall–Kier alpha value is -2.65. The third-order valence-corrected chi connectivity index (χ3v) is 7.27. The summed E-state index contributed by atoms with van der Waals surface area (Å²) in [5, 5.41) is 0.858. The third-order valence-electron chi connectivity index (χ3n) is 5.15. The van der Waals surface area contributed by atoms with E-state index < -0.39 is 0 Å². The fraction of sp³-hybridized carbons (Fsp3) is 0.154. The third kappa shape index (κ3) is 6.37. The Morgan fingerprint density at radius 2 is 1.78 bits per heavy atom. The number of ether oxygens (including phenoxy) is 3. The summed E-state index contributed by atoms with van der Waals surface area (Å²) in [5.41, 5.74) is 1.51. The van der Waals surface area contributed by atoms with Gasteiger partial charge in [0.15, 0.2) is 11.5 Å². The van der Waals surface area contributed by atoms with Crippen molar-refractivity contribution in [1.82, 2.24) is 4.90 Å². The van der Waals surface area contributed by atoms with E-state index in [-0.39, 0.29) is 30.9 Å². The van der Waals surface area contributed by atoms with Gasteiger partial charge < -0.3 is 14.2 Å². The fourth-order valence-corrected chi connectivity index (χ4v) is 5.11. The molecule has 0 saturated carbocycles. The molecule has 4 rings (SSSR count). The average Bonchev–Trinajstić information content (AvgIpc) is 3.12. The number of amides is 2. The number of thioether (sulfide) groups is 1. The van der Waals surface area contributed by atoms with Crippen LogP contribution < -0.4 is 14.2 Å². The van der Waals surface area contributed by atoms with Crippen molar-refractivity contribution >= 4 is 68.1 Å². The summed E-state index contributed by atoms with van der Waals surface area (Å²) in [6, 6.07) is 17.8. The molecule has 0 radical (unpaired) electrons. The first-order valence-corrected chi connectivity index (χ1v) is 13.1. The van der Waals surface area contributed by atoms with Gasteiger partial charge in [-0.25, -0.2) is 0 Å². The lowest BCUT2D eigenvalue weighted by molar-refractivity contribution is -0.123. The van der Waals surface area contributed by atoms with E-state index >= 15 is 0 Å². The number of nitrogens with zero attached hydrogens (tertiary/aromatic N) is 1. The summed E-state index contributed by atoms with van der Waals surface area (Å²) in [5.74, 6) is 1.20. The normalized spacial score (nSPS) is 14.4. The first kappa shape index (κ1) is 26.4. The van der Waals surface area contributed by atoms with Gasteiger partial charge in [-0.1, -0.05) is 41.4 Å². The maximum absolute atomic E-state index is 12.9. The van der Waals surface area contributed by atoms with Gasteiger partial charge in [0.05, 0.1) is 23.0 Å². The second kappa shape index (κ2) is 12.1. The van der Waals surface area contributed by atoms with Crippen LogP contribution in [0.15, 0.2) is 70.0 Å². The summed E-state index contributed by atoms with van der Waals surface area (Å²) < 4.78 is 17.7. The van der Waals surface area contributed by atoms with Gasteiger partial charge in [0.1, 0.15) is 19.0 Å².